The maximum Gasteiger partial charge on any atom is 0.346 e. The van der Waals surface area contributed by atoms with Gasteiger partial charge in [-0.3, -0.25) is 25.0 Å². The Balaban J connectivity index is 1.93. The number of amides is 1. The fourth-order valence-corrected chi connectivity index (χ4v) is 4.31. The van der Waals surface area contributed by atoms with E-state index in [-0.39, 0.29) is 5.91 Å². The number of carbonyl (C=O) groups is 1. The number of carbonyl (C=O) groups excluding carboxylic acids is 1. The second-order valence-corrected chi connectivity index (χ2v) is 8.59. The van der Waals surface area contributed by atoms with E-state index >= 15 is 0 Å². The van der Waals surface area contributed by atoms with Crippen LogP contribution in [0.25, 0.3) is 12.2 Å². The molecule has 0 aliphatic rings. The number of rotatable bonds is 8. The molecule has 0 radical (unpaired) electrons. The van der Waals surface area contributed by atoms with Gasteiger partial charge in [0.15, 0.2) is 5.13 Å². The quantitative estimate of drug-likeness (QED) is 0.265. The van der Waals surface area contributed by atoms with Crippen LogP contribution in [0.4, 0.5) is 16.5 Å². The highest BCUT2D eigenvalue weighted by molar-refractivity contribution is 7.98. The first-order chi connectivity index (χ1) is 15.3. The Morgan fingerprint density at radius 3 is 2.38 bits per heavy atom. The zero-order chi connectivity index (χ0) is 23.3. The van der Waals surface area contributed by atoms with Crippen LogP contribution in [0.3, 0.4) is 0 Å². The van der Waals surface area contributed by atoms with Crippen molar-refractivity contribution < 1.29 is 14.6 Å². The van der Waals surface area contributed by atoms with Gasteiger partial charge in [0, 0.05) is 35.2 Å². The number of nitro benzene ring substituents is 2. The number of nitro groups is 2. The third kappa shape index (κ3) is 5.77. The molecule has 32 heavy (non-hydrogen) atoms. The Morgan fingerprint density at radius 1 is 1.09 bits per heavy atom. The molecular weight excluding hydrogens is 452 g/mol. The number of hydrogen-bond donors (Lipinski definition) is 1. The second-order valence-electron chi connectivity index (χ2n) is 6.63. The van der Waals surface area contributed by atoms with Crippen LogP contribution in [-0.4, -0.2) is 27.0 Å². The molecule has 0 spiro atoms. The largest absolute Gasteiger partial charge is 0.346 e. The minimum Gasteiger partial charge on any atom is -0.302 e. The minimum absolute atomic E-state index is 0.240. The van der Waals surface area contributed by atoms with Gasteiger partial charge in [-0.15, -0.1) is 23.1 Å². The van der Waals surface area contributed by atoms with Gasteiger partial charge in [0.2, 0.25) is 5.91 Å². The van der Waals surface area contributed by atoms with Crippen LogP contribution in [0, 0.1) is 20.2 Å². The fourth-order valence-electron chi connectivity index (χ4n) is 2.87. The number of anilines is 1. The van der Waals surface area contributed by atoms with E-state index in [0.717, 1.165) is 27.5 Å². The fraction of sp³-hybridized carbons (Fsp3) is 0.143. The van der Waals surface area contributed by atoms with Crippen molar-refractivity contribution in [1.82, 2.24) is 4.98 Å². The molecule has 9 nitrogen and oxygen atoms in total. The van der Waals surface area contributed by atoms with Crippen molar-refractivity contribution in [1.29, 1.82) is 0 Å². The summed E-state index contributed by atoms with van der Waals surface area (Å²) >= 11 is 3.00. The molecule has 0 fully saturated rings. The van der Waals surface area contributed by atoms with E-state index in [1.165, 1.54) is 24.3 Å². The highest BCUT2D eigenvalue weighted by atomic mass is 32.2. The van der Waals surface area contributed by atoms with Crippen molar-refractivity contribution in [2.24, 2.45) is 0 Å². The van der Waals surface area contributed by atoms with E-state index < -0.39 is 21.2 Å². The number of nitrogens with one attached hydrogen (secondary N) is 1. The Hall–Kier alpha value is -3.57. The molecule has 0 aliphatic carbocycles. The van der Waals surface area contributed by atoms with Crippen molar-refractivity contribution in [2.45, 2.75) is 18.2 Å². The maximum absolute atomic E-state index is 11.4. The number of aromatic nitrogens is 1. The highest BCUT2D eigenvalue weighted by Gasteiger charge is 2.23. The SMILES string of the molecule is CSc1ccc(Cc2sc(NC(C)=O)nc2/C=C/c2ccc([N+](=O)[O-])c([N+](=O)[O-])c2)cc1. The first-order valence-electron chi connectivity index (χ1n) is 9.28. The number of benzene rings is 2. The van der Waals surface area contributed by atoms with Gasteiger partial charge >= 0.3 is 11.4 Å². The van der Waals surface area contributed by atoms with E-state index in [4.69, 9.17) is 0 Å². The van der Waals surface area contributed by atoms with Gasteiger partial charge in [-0.25, -0.2) is 4.98 Å². The van der Waals surface area contributed by atoms with Crippen molar-refractivity contribution in [3.63, 3.8) is 0 Å². The molecule has 1 heterocycles. The molecule has 3 rings (SSSR count). The van der Waals surface area contributed by atoms with Crippen molar-refractivity contribution in [3.8, 4) is 0 Å². The van der Waals surface area contributed by atoms with Crippen molar-refractivity contribution in [2.75, 3.05) is 11.6 Å². The molecule has 0 atom stereocenters. The molecule has 0 aliphatic heterocycles. The lowest BCUT2D eigenvalue weighted by atomic mass is 10.1. The lowest BCUT2D eigenvalue weighted by Gasteiger charge is -2.02. The smallest absolute Gasteiger partial charge is 0.302 e. The normalized spacial score (nSPS) is 10.9. The van der Waals surface area contributed by atoms with E-state index in [9.17, 15) is 25.0 Å². The summed E-state index contributed by atoms with van der Waals surface area (Å²) in [7, 11) is 0. The lowest BCUT2D eigenvalue weighted by Crippen LogP contribution is -2.04. The van der Waals surface area contributed by atoms with Gasteiger partial charge in [0.1, 0.15) is 0 Å². The number of thiazole rings is 1. The molecule has 1 N–H and O–H groups in total. The number of nitrogens with zero attached hydrogens (tertiary/aromatic N) is 3. The monoisotopic (exact) mass is 470 g/mol. The Bertz CT molecular complexity index is 1210. The molecule has 164 valence electrons. The van der Waals surface area contributed by atoms with Gasteiger partial charge in [-0.1, -0.05) is 18.2 Å². The third-order valence-electron chi connectivity index (χ3n) is 4.36. The van der Waals surface area contributed by atoms with Crippen LogP contribution in [0.15, 0.2) is 47.4 Å². The molecule has 2 aromatic carbocycles. The van der Waals surface area contributed by atoms with Gasteiger partial charge in [-0.05, 0) is 41.7 Å². The molecule has 0 saturated heterocycles. The molecule has 0 unspecified atom stereocenters. The Kier molecular flexibility index (Phi) is 7.33. The minimum atomic E-state index is -0.786. The lowest BCUT2D eigenvalue weighted by molar-refractivity contribution is -0.422. The summed E-state index contributed by atoms with van der Waals surface area (Å²) in [4.78, 5) is 38.6. The first-order valence-corrected chi connectivity index (χ1v) is 11.3. The van der Waals surface area contributed by atoms with Crippen LogP contribution in [0.2, 0.25) is 0 Å². The molecule has 3 aromatic rings. The molecule has 1 aromatic heterocycles. The predicted octanol–water partition coefficient (Wildman–Crippen LogP) is 5.40. The Morgan fingerprint density at radius 2 is 1.78 bits per heavy atom. The van der Waals surface area contributed by atoms with Crippen LogP contribution < -0.4 is 5.32 Å². The predicted molar refractivity (Wildman–Crippen MR) is 126 cm³/mol. The number of thioether (sulfide) groups is 1. The van der Waals surface area contributed by atoms with Crippen LogP contribution >= 0.6 is 23.1 Å². The van der Waals surface area contributed by atoms with Crippen LogP contribution in [0.1, 0.15) is 28.6 Å². The highest BCUT2D eigenvalue weighted by Crippen LogP contribution is 2.30. The zero-order valence-corrected chi connectivity index (χ0v) is 18.7. The summed E-state index contributed by atoms with van der Waals surface area (Å²) in [6.07, 6.45) is 5.87. The summed E-state index contributed by atoms with van der Waals surface area (Å²) in [6.45, 7) is 1.40. The van der Waals surface area contributed by atoms with E-state index in [0.29, 0.717) is 22.8 Å². The zero-order valence-electron chi connectivity index (χ0n) is 17.1. The van der Waals surface area contributed by atoms with Crippen molar-refractivity contribution in [3.05, 3.63) is 84.4 Å². The molecule has 1 amide bonds. The third-order valence-corrected chi connectivity index (χ3v) is 6.09. The van der Waals surface area contributed by atoms with Gasteiger partial charge in [-0.2, -0.15) is 0 Å². The van der Waals surface area contributed by atoms with Gasteiger partial charge < -0.3 is 5.32 Å². The molecule has 11 heteroatoms. The van der Waals surface area contributed by atoms with Gasteiger partial charge in [0.25, 0.3) is 0 Å². The summed E-state index contributed by atoms with van der Waals surface area (Å²) in [5.74, 6) is -0.240. The standard InChI is InChI=1S/C21H18N4O5S2/c1-13(26)22-21-23-17(20(32-21)12-15-3-7-16(31-2)8-4-15)9-5-14-6-10-18(24(27)28)19(11-14)25(29)30/h3-11H,12H2,1-2H3,(H,22,23,26)/b9-5+. The van der Waals surface area contributed by atoms with Crippen LogP contribution in [0.5, 0.6) is 0 Å². The van der Waals surface area contributed by atoms with E-state index in [1.807, 2.05) is 30.5 Å². The maximum atomic E-state index is 11.4. The average Bonchev–Trinajstić information content (AvgIpc) is 3.12. The van der Waals surface area contributed by atoms with Crippen molar-refractivity contribution >= 4 is 57.7 Å². The first kappa shape index (κ1) is 23.1. The summed E-state index contributed by atoms with van der Waals surface area (Å²) < 4.78 is 0. The summed E-state index contributed by atoms with van der Waals surface area (Å²) in [5, 5.41) is 25.3. The van der Waals surface area contributed by atoms with E-state index in [2.05, 4.69) is 10.3 Å². The summed E-state index contributed by atoms with van der Waals surface area (Å²) in [5.41, 5.74) is 0.952. The second kappa shape index (κ2) is 10.2. The molecule has 0 bridgehead atoms. The number of hydrogen-bond acceptors (Lipinski definition) is 8. The Labute approximate surface area is 191 Å². The van der Waals surface area contributed by atoms with Gasteiger partial charge in [0.05, 0.1) is 15.5 Å². The van der Waals surface area contributed by atoms with Crippen LogP contribution in [-0.2, 0) is 11.2 Å². The van der Waals surface area contributed by atoms with E-state index in [1.54, 1.807) is 23.9 Å². The average molecular weight is 471 g/mol. The molecular formula is C21H18N4O5S2. The summed E-state index contributed by atoms with van der Waals surface area (Å²) in [6, 6.07) is 11.8. The topological polar surface area (TPSA) is 128 Å². The molecule has 0 saturated carbocycles.